The summed E-state index contributed by atoms with van der Waals surface area (Å²) in [4.78, 5) is 4.13. The first-order chi connectivity index (χ1) is 7.38. The molecule has 1 aromatic rings. The summed E-state index contributed by atoms with van der Waals surface area (Å²) in [5, 5.41) is 2.88. The molecule has 1 N–H and O–H groups in total. The van der Waals surface area contributed by atoms with Gasteiger partial charge in [0, 0.05) is 19.8 Å². The van der Waals surface area contributed by atoms with Crippen LogP contribution in [0.15, 0.2) is 6.20 Å². The summed E-state index contributed by atoms with van der Waals surface area (Å²) in [6.45, 7) is 0.908. The Morgan fingerprint density at radius 2 is 2.19 bits per heavy atom. The van der Waals surface area contributed by atoms with E-state index in [1.165, 1.54) is 0 Å². The van der Waals surface area contributed by atoms with Crippen LogP contribution in [0.5, 0.6) is 0 Å². The maximum Gasteiger partial charge on any atom is 0.411 e. The first-order valence-corrected chi connectivity index (χ1v) is 4.77. The fourth-order valence-electron chi connectivity index (χ4n) is 1.20. The van der Waals surface area contributed by atoms with Crippen LogP contribution in [0.2, 0.25) is 0 Å². The van der Waals surface area contributed by atoms with E-state index in [2.05, 4.69) is 15.0 Å². The van der Waals surface area contributed by atoms with Crippen LogP contribution in [-0.2, 0) is 11.8 Å². The van der Waals surface area contributed by atoms with Crippen LogP contribution < -0.4 is 5.32 Å². The number of rotatable bonds is 5. The molecule has 16 heavy (non-hydrogen) atoms. The van der Waals surface area contributed by atoms with E-state index in [4.69, 9.17) is 0 Å². The molecule has 1 aromatic heterocycles. The fraction of sp³-hybridized carbons (Fsp3) is 0.667. The van der Waals surface area contributed by atoms with E-state index in [0.717, 1.165) is 5.69 Å². The zero-order chi connectivity index (χ0) is 12.2. The number of imidazole rings is 1. The van der Waals surface area contributed by atoms with Gasteiger partial charge in [-0.15, -0.1) is 0 Å². The Morgan fingerprint density at radius 1 is 1.50 bits per heavy atom. The topological polar surface area (TPSA) is 39.1 Å². The lowest BCUT2D eigenvalue weighted by Gasteiger charge is -2.08. The van der Waals surface area contributed by atoms with Gasteiger partial charge in [0.15, 0.2) is 0 Å². The van der Waals surface area contributed by atoms with E-state index >= 15 is 0 Å². The molecule has 0 unspecified atom stereocenters. The molecular weight excluding hydrogens is 223 g/mol. The Morgan fingerprint density at radius 3 is 2.69 bits per heavy atom. The highest BCUT2D eigenvalue weighted by Crippen LogP contribution is 2.14. The molecule has 0 atom stereocenters. The number of nitrogens with zero attached hydrogens (tertiary/aromatic N) is 2. The minimum Gasteiger partial charge on any atom is -0.370 e. The average Bonchev–Trinajstić information content (AvgIpc) is 2.42. The number of aryl methyl sites for hydroxylation is 2. The van der Waals surface area contributed by atoms with Gasteiger partial charge < -0.3 is 14.6 Å². The number of anilines is 1. The van der Waals surface area contributed by atoms with Crippen molar-refractivity contribution in [2.75, 3.05) is 25.1 Å². The zero-order valence-corrected chi connectivity index (χ0v) is 9.14. The van der Waals surface area contributed by atoms with Crippen LogP contribution in [0, 0.1) is 6.92 Å². The molecule has 0 spiro atoms. The van der Waals surface area contributed by atoms with Gasteiger partial charge >= 0.3 is 6.18 Å². The number of hydrogen-bond acceptors (Lipinski definition) is 3. The third kappa shape index (κ3) is 4.52. The third-order valence-corrected chi connectivity index (χ3v) is 1.79. The van der Waals surface area contributed by atoms with Gasteiger partial charge in [0.05, 0.1) is 12.3 Å². The maximum absolute atomic E-state index is 11.7. The van der Waals surface area contributed by atoms with Crippen molar-refractivity contribution in [3.63, 3.8) is 0 Å². The van der Waals surface area contributed by atoms with Gasteiger partial charge in [-0.1, -0.05) is 0 Å². The van der Waals surface area contributed by atoms with Crippen LogP contribution >= 0.6 is 0 Å². The number of aromatic nitrogens is 2. The van der Waals surface area contributed by atoms with Gasteiger partial charge in [-0.25, -0.2) is 4.98 Å². The summed E-state index contributed by atoms with van der Waals surface area (Å²) < 4.78 is 41.3. The first kappa shape index (κ1) is 12.8. The Bertz CT molecular complexity index is 335. The zero-order valence-electron chi connectivity index (χ0n) is 9.14. The first-order valence-electron chi connectivity index (χ1n) is 4.77. The predicted octanol–water partition coefficient (Wildman–Crippen LogP) is 1.72. The largest absolute Gasteiger partial charge is 0.411 e. The van der Waals surface area contributed by atoms with E-state index < -0.39 is 12.8 Å². The molecule has 0 saturated heterocycles. The molecule has 0 aliphatic carbocycles. The van der Waals surface area contributed by atoms with Crippen LogP contribution in [0.1, 0.15) is 5.69 Å². The Balaban J connectivity index is 2.19. The molecule has 0 radical (unpaired) electrons. The van der Waals surface area contributed by atoms with E-state index in [-0.39, 0.29) is 6.61 Å². The molecule has 0 aromatic carbocycles. The van der Waals surface area contributed by atoms with Crippen molar-refractivity contribution in [1.82, 2.24) is 9.55 Å². The number of ether oxygens (including phenoxy) is 1. The summed E-state index contributed by atoms with van der Waals surface area (Å²) in [7, 11) is 1.80. The summed E-state index contributed by atoms with van der Waals surface area (Å²) in [6, 6.07) is 0. The number of nitrogens with one attached hydrogen (secondary N) is 1. The molecule has 0 fully saturated rings. The molecule has 1 heterocycles. The monoisotopic (exact) mass is 237 g/mol. The molecule has 0 saturated carbocycles. The van der Waals surface area contributed by atoms with E-state index in [9.17, 15) is 13.2 Å². The minimum atomic E-state index is -4.26. The van der Waals surface area contributed by atoms with Gasteiger partial charge in [0.2, 0.25) is 5.95 Å². The van der Waals surface area contributed by atoms with E-state index in [1.807, 2.05) is 13.1 Å². The van der Waals surface area contributed by atoms with Crippen molar-refractivity contribution in [2.45, 2.75) is 13.1 Å². The Hall–Kier alpha value is -1.24. The second-order valence-electron chi connectivity index (χ2n) is 3.41. The quantitative estimate of drug-likeness (QED) is 0.792. The summed E-state index contributed by atoms with van der Waals surface area (Å²) in [5.74, 6) is 0.619. The molecule has 7 heteroatoms. The van der Waals surface area contributed by atoms with Crippen molar-refractivity contribution in [3.05, 3.63) is 11.9 Å². The lowest BCUT2D eigenvalue weighted by molar-refractivity contribution is -0.172. The highest BCUT2D eigenvalue weighted by Gasteiger charge is 2.27. The fourth-order valence-corrected chi connectivity index (χ4v) is 1.20. The Labute approximate surface area is 91.4 Å². The molecule has 1 rings (SSSR count). The number of hydrogen-bond donors (Lipinski definition) is 1. The van der Waals surface area contributed by atoms with Crippen molar-refractivity contribution >= 4 is 5.95 Å². The number of alkyl halides is 3. The second kappa shape index (κ2) is 5.20. The maximum atomic E-state index is 11.7. The van der Waals surface area contributed by atoms with Crippen molar-refractivity contribution in [1.29, 1.82) is 0 Å². The molecule has 0 aliphatic heterocycles. The van der Waals surface area contributed by atoms with Gasteiger partial charge in [-0.2, -0.15) is 13.2 Å². The predicted molar refractivity (Wildman–Crippen MR) is 53.3 cm³/mol. The van der Waals surface area contributed by atoms with Crippen LogP contribution in [-0.4, -0.2) is 35.5 Å². The van der Waals surface area contributed by atoms with Gasteiger partial charge in [0.1, 0.15) is 6.61 Å². The van der Waals surface area contributed by atoms with Crippen molar-refractivity contribution < 1.29 is 17.9 Å². The summed E-state index contributed by atoms with van der Waals surface area (Å²) >= 11 is 0. The average molecular weight is 237 g/mol. The third-order valence-electron chi connectivity index (χ3n) is 1.79. The highest BCUT2D eigenvalue weighted by atomic mass is 19.4. The molecule has 0 bridgehead atoms. The molecule has 4 nitrogen and oxygen atoms in total. The lowest BCUT2D eigenvalue weighted by Crippen LogP contribution is -2.20. The Kier molecular flexibility index (Phi) is 4.17. The van der Waals surface area contributed by atoms with Crippen molar-refractivity contribution in [3.8, 4) is 0 Å². The smallest absolute Gasteiger partial charge is 0.370 e. The molecular formula is C9H14F3N3O. The van der Waals surface area contributed by atoms with Gasteiger partial charge in [0.25, 0.3) is 0 Å². The standard InChI is InChI=1S/C9H14F3N3O/c1-7-5-15(2)8(14-7)13-3-4-16-6-9(10,11)12/h5H,3-4,6H2,1-2H3,(H,13,14). The van der Waals surface area contributed by atoms with Gasteiger partial charge in [-0.05, 0) is 6.92 Å². The minimum absolute atomic E-state index is 0.00851. The summed E-state index contributed by atoms with van der Waals surface area (Å²) in [5.41, 5.74) is 0.848. The highest BCUT2D eigenvalue weighted by molar-refractivity contribution is 5.27. The second-order valence-corrected chi connectivity index (χ2v) is 3.41. The van der Waals surface area contributed by atoms with Crippen LogP contribution in [0.3, 0.4) is 0 Å². The lowest BCUT2D eigenvalue weighted by atomic mass is 10.6. The normalized spacial score (nSPS) is 11.8. The SMILES string of the molecule is Cc1cn(C)c(NCCOCC(F)(F)F)n1. The van der Waals surface area contributed by atoms with E-state index in [0.29, 0.717) is 12.5 Å². The van der Waals surface area contributed by atoms with Gasteiger partial charge in [-0.3, -0.25) is 0 Å². The van der Waals surface area contributed by atoms with Crippen LogP contribution in [0.4, 0.5) is 19.1 Å². The molecule has 0 aliphatic rings. The van der Waals surface area contributed by atoms with Crippen LogP contribution in [0.25, 0.3) is 0 Å². The summed E-state index contributed by atoms with van der Waals surface area (Å²) in [6.07, 6.45) is -2.45. The number of halogens is 3. The molecule has 0 amide bonds. The molecule has 92 valence electrons. The van der Waals surface area contributed by atoms with Crippen molar-refractivity contribution in [2.24, 2.45) is 7.05 Å². The van der Waals surface area contributed by atoms with E-state index in [1.54, 1.807) is 11.6 Å².